The number of fused-ring (bicyclic) bond motifs is 6. The maximum absolute atomic E-state index is 15.1. The molecule has 1 nitrogen and oxygen atoms in total. The van der Waals surface area contributed by atoms with Crippen molar-refractivity contribution in [1.82, 2.24) is 0 Å². The minimum Gasteiger partial charge on any atom is -0.456 e. The summed E-state index contributed by atoms with van der Waals surface area (Å²) in [6.45, 7) is 0. The Morgan fingerprint density at radius 2 is 1.31 bits per heavy atom. The number of alkyl halides is 2. The molecular formula is C25H13ClF2O. The lowest BCUT2D eigenvalue weighted by Crippen LogP contribution is -2.11. The molecule has 0 N–H and O–H groups in total. The maximum atomic E-state index is 15.1. The third kappa shape index (κ3) is 2.31. The van der Waals surface area contributed by atoms with Gasteiger partial charge in [0, 0.05) is 26.9 Å². The van der Waals surface area contributed by atoms with Crippen molar-refractivity contribution < 1.29 is 13.2 Å². The summed E-state index contributed by atoms with van der Waals surface area (Å²) in [5, 5.41) is 2.30. The Morgan fingerprint density at radius 3 is 2.17 bits per heavy atom. The van der Waals surface area contributed by atoms with Gasteiger partial charge < -0.3 is 4.42 Å². The van der Waals surface area contributed by atoms with Crippen LogP contribution in [0.1, 0.15) is 11.1 Å². The van der Waals surface area contributed by atoms with Crippen molar-refractivity contribution in [2.24, 2.45) is 0 Å². The summed E-state index contributed by atoms with van der Waals surface area (Å²) in [5.74, 6) is -3.07. The van der Waals surface area contributed by atoms with Gasteiger partial charge in [0.2, 0.25) is 0 Å². The molecule has 1 heterocycles. The van der Waals surface area contributed by atoms with Gasteiger partial charge in [0.15, 0.2) is 0 Å². The molecule has 0 bridgehead atoms. The van der Waals surface area contributed by atoms with Gasteiger partial charge in [0.1, 0.15) is 11.2 Å². The number of hydrogen-bond acceptors (Lipinski definition) is 1. The first-order valence-electron chi connectivity index (χ1n) is 9.27. The van der Waals surface area contributed by atoms with E-state index < -0.39 is 5.92 Å². The van der Waals surface area contributed by atoms with E-state index in [1.165, 1.54) is 6.07 Å². The molecule has 140 valence electrons. The fraction of sp³-hybridized carbons (Fsp3) is 0.0400. The Kier molecular flexibility index (Phi) is 3.28. The topological polar surface area (TPSA) is 13.1 Å². The molecule has 4 aromatic carbocycles. The van der Waals surface area contributed by atoms with Crippen molar-refractivity contribution >= 4 is 33.5 Å². The lowest BCUT2D eigenvalue weighted by molar-refractivity contribution is 0.0480. The van der Waals surface area contributed by atoms with Crippen LogP contribution in [0.3, 0.4) is 0 Å². The number of furan rings is 1. The molecule has 29 heavy (non-hydrogen) atoms. The first-order valence-corrected chi connectivity index (χ1v) is 9.64. The van der Waals surface area contributed by atoms with Crippen molar-refractivity contribution in [2.45, 2.75) is 5.92 Å². The van der Waals surface area contributed by atoms with Gasteiger partial charge in [-0.2, -0.15) is 8.78 Å². The molecule has 4 heteroatoms. The predicted molar refractivity (Wildman–Crippen MR) is 113 cm³/mol. The number of rotatable bonds is 1. The summed E-state index contributed by atoms with van der Waals surface area (Å²) in [6.07, 6.45) is 0. The maximum Gasteiger partial charge on any atom is 0.299 e. The summed E-state index contributed by atoms with van der Waals surface area (Å²) >= 11 is 5.97. The van der Waals surface area contributed by atoms with E-state index >= 15 is 8.78 Å². The lowest BCUT2D eigenvalue weighted by Gasteiger charge is -2.13. The third-order valence-corrected chi connectivity index (χ3v) is 5.91. The SMILES string of the molecule is FC1(F)c2cc(Cl)ccc2-c2ccc(-c3ccc4oc5ccccc5c4c3)cc21. The Labute approximate surface area is 170 Å². The van der Waals surface area contributed by atoms with Crippen LogP contribution in [-0.4, -0.2) is 0 Å². The van der Waals surface area contributed by atoms with E-state index in [-0.39, 0.29) is 11.1 Å². The van der Waals surface area contributed by atoms with Crippen LogP contribution < -0.4 is 0 Å². The molecular weight excluding hydrogens is 390 g/mol. The lowest BCUT2D eigenvalue weighted by atomic mass is 9.97. The van der Waals surface area contributed by atoms with Crippen molar-refractivity contribution in [3.8, 4) is 22.3 Å². The van der Waals surface area contributed by atoms with E-state index in [1.807, 2.05) is 48.5 Å². The van der Waals surface area contributed by atoms with Crippen molar-refractivity contribution in [1.29, 1.82) is 0 Å². The van der Waals surface area contributed by atoms with E-state index in [0.717, 1.165) is 33.1 Å². The van der Waals surface area contributed by atoms with Crippen LogP contribution in [0.2, 0.25) is 5.02 Å². The molecule has 0 aliphatic heterocycles. The van der Waals surface area contributed by atoms with Crippen LogP contribution in [0, 0.1) is 0 Å². The van der Waals surface area contributed by atoms with Crippen LogP contribution in [0.4, 0.5) is 8.78 Å². The molecule has 0 atom stereocenters. The molecule has 0 saturated carbocycles. The standard InChI is InChI=1S/C25H13ClF2O/c26-16-7-9-18-17-8-5-15(12-21(17)25(27,28)22(18)13-16)14-6-10-24-20(11-14)19-3-1-2-4-23(19)29-24/h1-13H. The average molecular weight is 403 g/mol. The summed E-state index contributed by atoms with van der Waals surface area (Å²) in [6, 6.07) is 23.5. The van der Waals surface area contributed by atoms with Crippen LogP contribution in [0.25, 0.3) is 44.2 Å². The molecule has 0 saturated heterocycles. The minimum atomic E-state index is -3.07. The zero-order valence-electron chi connectivity index (χ0n) is 15.0. The van der Waals surface area contributed by atoms with Gasteiger partial charge in [0.05, 0.1) is 0 Å². The molecule has 0 radical (unpaired) electrons. The molecule has 0 spiro atoms. The highest BCUT2D eigenvalue weighted by Crippen LogP contribution is 2.52. The second-order valence-corrected chi connectivity index (χ2v) is 7.77. The van der Waals surface area contributed by atoms with Gasteiger partial charge >= 0.3 is 0 Å². The first kappa shape index (κ1) is 16.8. The highest BCUT2D eigenvalue weighted by Gasteiger charge is 2.44. The number of hydrogen-bond donors (Lipinski definition) is 0. The Morgan fingerprint density at radius 1 is 0.655 bits per heavy atom. The highest BCUT2D eigenvalue weighted by atomic mass is 35.5. The number of halogens is 3. The Bertz CT molecular complexity index is 1450. The van der Waals surface area contributed by atoms with Gasteiger partial charge in [-0.3, -0.25) is 0 Å². The smallest absolute Gasteiger partial charge is 0.299 e. The van der Waals surface area contributed by atoms with Crippen molar-refractivity contribution in [2.75, 3.05) is 0 Å². The molecule has 5 aromatic rings. The van der Waals surface area contributed by atoms with Crippen LogP contribution in [0.5, 0.6) is 0 Å². The molecule has 0 unspecified atom stereocenters. The molecule has 0 fully saturated rings. The van der Waals surface area contributed by atoms with Gasteiger partial charge in [0.25, 0.3) is 5.92 Å². The van der Waals surface area contributed by atoms with E-state index in [1.54, 1.807) is 24.3 Å². The third-order valence-electron chi connectivity index (χ3n) is 5.68. The largest absolute Gasteiger partial charge is 0.456 e. The van der Waals surface area contributed by atoms with Gasteiger partial charge in [-0.05, 0) is 58.7 Å². The predicted octanol–water partition coefficient (Wildman–Crippen LogP) is 8.03. The van der Waals surface area contributed by atoms with Gasteiger partial charge in [-0.15, -0.1) is 0 Å². The van der Waals surface area contributed by atoms with Crippen molar-refractivity contribution in [3.63, 3.8) is 0 Å². The van der Waals surface area contributed by atoms with Gasteiger partial charge in [-0.25, -0.2) is 0 Å². The summed E-state index contributed by atoms with van der Waals surface area (Å²) in [4.78, 5) is 0. The molecule has 0 amide bonds. The Hall–Kier alpha value is -3.17. The van der Waals surface area contributed by atoms with E-state index in [0.29, 0.717) is 16.1 Å². The van der Waals surface area contributed by atoms with Crippen LogP contribution in [-0.2, 0) is 5.92 Å². The van der Waals surface area contributed by atoms with Crippen molar-refractivity contribution in [3.05, 3.63) is 95.0 Å². The minimum absolute atomic E-state index is 0.0180. The molecule has 1 aliphatic carbocycles. The van der Waals surface area contributed by atoms with E-state index in [9.17, 15) is 0 Å². The second-order valence-electron chi connectivity index (χ2n) is 7.33. The van der Waals surface area contributed by atoms with E-state index in [4.69, 9.17) is 16.0 Å². The fourth-order valence-electron chi connectivity index (χ4n) is 4.28. The summed E-state index contributed by atoms with van der Waals surface area (Å²) < 4.78 is 36.2. The molecule has 1 aliphatic rings. The molecule has 1 aromatic heterocycles. The highest BCUT2D eigenvalue weighted by molar-refractivity contribution is 6.30. The van der Waals surface area contributed by atoms with Gasteiger partial charge in [-0.1, -0.05) is 54.1 Å². The molecule has 6 rings (SSSR count). The Balaban J connectivity index is 1.54. The zero-order chi connectivity index (χ0) is 19.8. The quantitative estimate of drug-likeness (QED) is 0.276. The summed E-state index contributed by atoms with van der Waals surface area (Å²) in [5.41, 5.74) is 4.29. The van der Waals surface area contributed by atoms with Crippen LogP contribution in [0.15, 0.2) is 83.3 Å². The number of benzene rings is 4. The normalized spacial score (nSPS) is 14.3. The first-order chi connectivity index (χ1) is 14.0. The zero-order valence-corrected chi connectivity index (χ0v) is 15.8. The van der Waals surface area contributed by atoms with E-state index in [2.05, 4.69) is 0 Å². The summed E-state index contributed by atoms with van der Waals surface area (Å²) in [7, 11) is 0. The van der Waals surface area contributed by atoms with Crippen LogP contribution >= 0.6 is 11.6 Å². The fourth-order valence-corrected chi connectivity index (χ4v) is 4.45. The number of para-hydroxylation sites is 1. The average Bonchev–Trinajstić information content (AvgIpc) is 3.20. The second kappa shape index (κ2) is 5.68. The monoisotopic (exact) mass is 402 g/mol.